The highest BCUT2D eigenvalue weighted by Gasteiger charge is 2.16. The average Bonchev–Trinajstić information content (AvgIpc) is 2.75. The van der Waals surface area contributed by atoms with E-state index in [0.717, 1.165) is 5.56 Å². The lowest BCUT2D eigenvalue weighted by atomic mass is 10.1. The van der Waals surface area contributed by atoms with Gasteiger partial charge in [-0.25, -0.2) is 4.79 Å². The summed E-state index contributed by atoms with van der Waals surface area (Å²) in [6.45, 7) is 7.13. The number of thiophene rings is 1. The molecule has 16 heavy (non-hydrogen) atoms. The smallest absolute Gasteiger partial charge is 0.333 e. The number of methoxy groups -OCH3 is 1. The lowest BCUT2D eigenvalue weighted by Gasteiger charge is -2.02. The van der Waals surface area contributed by atoms with Gasteiger partial charge in [0.15, 0.2) is 5.78 Å². The Morgan fingerprint density at radius 3 is 2.81 bits per heavy atom. The van der Waals surface area contributed by atoms with Crippen molar-refractivity contribution in [1.82, 2.24) is 0 Å². The second kappa shape index (κ2) is 5.42. The van der Waals surface area contributed by atoms with E-state index in [1.165, 1.54) is 18.4 Å². The quantitative estimate of drug-likeness (QED) is 0.448. The Kier molecular flexibility index (Phi) is 4.19. The first-order valence-electron chi connectivity index (χ1n) is 4.59. The zero-order valence-corrected chi connectivity index (χ0v) is 9.80. The third kappa shape index (κ3) is 2.67. The second-order valence-corrected chi connectivity index (χ2v) is 4.02. The molecule has 0 N–H and O–H groups in total. The van der Waals surface area contributed by atoms with Crippen LogP contribution in [0.4, 0.5) is 0 Å². The Morgan fingerprint density at radius 1 is 1.56 bits per heavy atom. The molecule has 84 valence electrons. The SMILES string of the molecule is C=Cc1ccsc1C(=O)CC(=C)C(=O)OC. The number of Topliss-reactive ketones (excluding diaryl/α,β-unsaturated/α-hetero) is 1. The fourth-order valence-electron chi connectivity index (χ4n) is 1.20. The molecule has 1 aromatic heterocycles. The highest BCUT2D eigenvalue weighted by molar-refractivity contribution is 7.12. The summed E-state index contributed by atoms with van der Waals surface area (Å²) in [6, 6.07) is 1.81. The van der Waals surface area contributed by atoms with Crippen LogP contribution in [0.25, 0.3) is 6.08 Å². The van der Waals surface area contributed by atoms with E-state index in [2.05, 4.69) is 17.9 Å². The largest absolute Gasteiger partial charge is 0.466 e. The van der Waals surface area contributed by atoms with E-state index in [9.17, 15) is 9.59 Å². The van der Waals surface area contributed by atoms with Crippen LogP contribution in [-0.4, -0.2) is 18.9 Å². The molecule has 3 nitrogen and oxygen atoms in total. The van der Waals surface area contributed by atoms with Crippen LogP contribution >= 0.6 is 11.3 Å². The van der Waals surface area contributed by atoms with E-state index in [1.54, 1.807) is 6.08 Å². The van der Waals surface area contributed by atoms with Gasteiger partial charge >= 0.3 is 5.97 Å². The molecule has 0 aliphatic carbocycles. The van der Waals surface area contributed by atoms with Crippen LogP contribution in [0.15, 0.2) is 30.2 Å². The average molecular weight is 236 g/mol. The molecule has 1 heterocycles. The molecule has 0 amide bonds. The molecule has 0 bridgehead atoms. The Hall–Kier alpha value is -1.68. The first-order valence-corrected chi connectivity index (χ1v) is 5.47. The van der Waals surface area contributed by atoms with Crippen molar-refractivity contribution in [3.05, 3.63) is 40.6 Å². The van der Waals surface area contributed by atoms with Gasteiger partial charge < -0.3 is 4.74 Å². The highest BCUT2D eigenvalue weighted by Crippen LogP contribution is 2.21. The Balaban J connectivity index is 2.77. The highest BCUT2D eigenvalue weighted by atomic mass is 32.1. The molecule has 0 aliphatic rings. The summed E-state index contributed by atoms with van der Waals surface area (Å²) in [4.78, 5) is 23.5. The van der Waals surface area contributed by atoms with Crippen molar-refractivity contribution in [2.75, 3.05) is 7.11 Å². The van der Waals surface area contributed by atoms with Crippen LogP contribution in [0.3, 0.4) is 0 Å². The van der Waals surface area contributed by atoms with Gasteiger partial charge in [-0.3, -0.25) is 4.79 Å². The van der Waals surface area contributed by atoms with Crippen molar-refractivity contribution < 1.29 is 14.3 Å². The summed E-state index contributed by atoms with van der Waals surface area (Å²) >= 11 is 1.33. The first-order chi connectivity index (χ1) is 7.60. The van der Waals surface area contributed by atoms with Crippen molar-refractivity contribution in [1.29, 1.82) is 0 Å². The van der Waals surface area contributed by atoms with Crippen LogP contribution in [-0.2, 0) is 9.53 Å². The molecule has 0 saturated carbocycles. The molecule has 1 rings (SSSR count). The molecular weight excluding hydrogens is 224 g/mol. The third-order valence-corrected chi connectivity index (χ3v) is 2.99. The zero-order valence-electron chi connectivity index (χ0n) is 8.99. The van der Waals surface area contributed by atoms with Crippen LogP contribution in [0.5, 0.6) is 0 Å². The van der Waals surface area contributed by atoms with E-state index in [1.807, 2.05) is 11.4 Å². The van der Waals surface area contributed by atoms with E-state index in [-0.39, 0.29) is 17.8 Å². The Labute approximate surface area is 98.0 Å². The topological polar surface area (TPSA) is 43.4 Å². The predicted octanol–water partition coefficient (Wildman–Crippen LogP) is 2.69. The number of rotatable bonds is 5. The fraction of sp³-hybridized carbons (Fsp3) is 0.167. The van der Waals surface area contributed by atoms with Crippen molar-refractivity contribution in [2.45, 2.75) is 6.42 Å². The van der Waals surface area contributed by atoms with Crippen LogP contribution in [0.1, 0.15) is 21.7 Å². The van der Waals surface area contributed by atoms with Gasteiger partial charge in [0.05, 0.1) is 12.0 Å². The molecule has 1 aromatic rings. The number of hydrogen-bond donors (Lipinski definition) is 0. The number of ether oxygens (including phenoxy) is 1. The Morgan fingerprint density at radius 2 is 2.25 bits per heavy atom. The van der Waals surface area contributed by atoms with Gasteiger partial charge in [-0.2, -0.15) is 0 Å². The molecule has 0 fully saturated rings. The zero-order chi connectivity index (χ0) is 12.1. The van der Waals surface area contributed by atoms with Crippen LogP contribution in [0, 0.1) is 0 Å². The van der Waals surface area contributed by atoms with E-state index in [4.69, 9.17) is 0 Å². The summed E-state index contributed by atoms with van der Waals surface area (Å²) < 4.78 is 4.48. The minimum Gasteiger partial charge on any atom is -0.466 e. The summed E-state index contributed by atoms with van der Waals surface area (Å²) in [5.74, 6) is -0.689. The lowest BCUT2D eigenvalue weighted by molar-refractivity contribution is -0.136. The summed E-state index contributed by atoms with van der Waals surface area (Å²) in [7, 11) is 1.26. The van der Waals surface area contributed by atoms with Gasteiger partial charge in [0.1, 0.15) is 0 Å². The maximum Gasteiger partial charge on any atom is 0.333 e. The molecule has 0 saturated heterocycles. The lowest BCUT2D eigenvalue weighted by Crippen LogP contribution is -2.08. The monoisotopic (exact) mass is 236 g/mol. The van der Waals surface area contributed by atoms with Crippen molar-refractivity contribution in [3.8, 4) is 0 Å². The van der Waals surface area contributed by atoms with Crippen LogP contribution < -0.4 is 0 Å². The standard InChI is InChI=1S/C12H12O3S/c1-4-9-5-6-16-11(9)10(13)7-8(2)12(14)15-3/h4-6H,1-2,7H2,3H3. The van der Waals surface area contributed by atoms with E-state index < -0.39 is 5.97 Å². The maximum absolute atomic E-state index is 11.8. The second-order valence-electron chi connectivity index (χ2n) is 3.10. The number of hydrogen-bond acceptors (Lipinski definition) is 4. The molecule has 0 unspecified atom stereocenters. The minimum atomic E-state index is -0.551. The number of carbonyl (C=O) groups excluding carboxylic acids is 2. The molecule has 0 aliphatic heterocycles. The van der Waals surface area contributed by atoms with Gasteiger partial charge in [0.2, 0.25) is 0 Å². The molecule has 4 heteroatoms. The fourth-order valence-corrected chi connectivity index (χ4v) is 2.04. The Bertz CT molecular complexity index is 443. The van der Waals surface area contributed by atoms with Gasteiger partial charge in [0, 0.05) is 12.0 Å². The summed E-state index contributed by atoms with van der Waals surface area (Å²) in [5.41, 5.74) is 0.948. The van der Waals surface area contributed by atoms with Crippen molar-refractivity contribution in [2.24, 2.45) is 0 Å². The molecule has 0 atom stereocenters. The van der Waals surface area contributed by atoms with Crippen LogP contribution in [0.2, 0.25) is 0 Å². The maximum atomic E-state index is 11.8. The molecule has 0 spiro atoms. The predicted molar refractivity (Wildman–Crippen MR) is 64.5 cm³/mol. The number of esters is 1. The van der Waals surface area contributed by atoms with E-state index >= 15 is 0 Å². The number of ketones is 1. The van der Waals surface area contributed by atoms with E-state index in [0.29, 0.717) is 4.88 Å². The summed E-state index contributed by atoms with van der Waals surface area (Å²) in [5, 5.41) is 1.81. The molecule has 0 radical (unpaired) electrons. The van der Waals surface area contributed by atoms with Gasteiger partial charge in [-0.05, 0) is 17.0 Å². The van der Waals surface area contributed by atoms with Gasteiger partial charge in [0.25, 0.3) is 0 Å². The molecule has 0 aromatic carbocycles. The normalized spacial score (nSPS) is 9.56. The van der Waals surface area contributed by atoms with Crippen molar-refractivity contribution in [3.63, 3.8) is 0 Å². The first kappa shape index (κ1) is 12.4. The van der Waals surface area contributed by atoms with Gasteiger partial charge in [-0.15, -0.1) is 11.3 Å². The minimum absolute atomic E-state index is 0.0198. The molecular formula is C12H12O3S. The number of carbonyl (C=O) groups is 2. The van der Waals surface area contributed by atoms with Gasteiger partial charge in [-0.1, -0.05) is 19.2 Å². The third-order valence-electron chi connectivity index (χ3n) is 2.02. The van der Waals surface area contributed by atoms with Crippen molar-refractivity contribution >= 4 is 29.2 Å². The summed E-state index contributed by atoms with van der Waals surface area (Å²) in [6.07, 6.45) is 1.60.